The average molecular weight is 250 g/mol. The number of aliphatic hydroxyl groups is 1. The molecule has 1 atom stereocenters. The molecule has 1 unspecified atom stereocenters. The molecule has 0 saturated carbocycles. The van der Waals surface area contributed by atoms with Crippen LogP contribution in [0.15, 0.2) is 29.2 Å². The fraction of sp³-hybridized carbons (Fsp3) is 0.462. The molecule has 4 heteroatoms. The topological polar surface area (TPSA) is 47.3 Å². The van der Waals surface area contributed by atoms with Gasteiger partial charge in [-0.1, -0.05) is 19.1 Å². The second-order valence-corrected chi connectivity index (χ2v) is 4.54. The van der Waals surface area contributed by atoms with Crippen molar-refractivity contribution >= 4 is 11.8 Å². The second-order valence-electron chi connectivity index (χ2n) is 3.66. The van der Waals surface area contributed by atoms with E-state index < -0.39 is 0 Å². The molecule has 0 aliphatic heterocycles. The Hall–Kier alpha value is -1.02. The molecule has 0 spiro atoms. The molecule has 1 aromatic carbocycles. The maximum atomic E-state index is 9.26. The molecular formula is C13H18N2OS. The molecule has 3 nitrogen and oxygen atoms in total. The second kappa shape index (κ2) is 7.33. The third kappa shape index (κ3) is 3.74. The lowest BCUT2D eigenvalue weighted by Gasteiger charge is -2.25. The maximum Gasteiger partial charge on any atom is 0.123 e. The summed E-state index contributed by atoms with van der Waals surface area (Å²) in [4.78, 5) is 3.16. The van der Waals surface area contributed by atoms with Crippen LogP contribution >= 0.6 is 11.8 Å². The van der Waals surface area contributed by atoms with E-state index in [9.17, 15) is 5.26 Å². The molecular weight excluding hydrogens is 232 g/mol. The third-order valence-electron chi connectivity index (χ3n) is 2.71. The molecule has 1 N–H and O–H groups in total. The number of hydrogen-bond acceptors (Lipinski definition) is 4. The normalized spacial score (nSPS) is 12.4. The van der Waals surface area contributed by atoms with E-state index in [2.05, 4.69) is 6.07 Å². The van der Waals surface area contributed by atoms with E-state index in [1.54, 1.807) is 11.8 Å². The van der Waals surface area contributed by atoms with Gasteiger partial charge in [-0.15, -0.1) is 11.8 Å². The van der Waals surface area contributed by atoms with Crippen LogP contribution in [0.2, 0.25) is 0 Å². The van der Waals surface area contributed by atoms with Gasteiger partial charge in [0.05, 0.1) is 12.7 Å². The molecule has 1 rings (SSSR count). The van der Waals surface area contributed by atoms with Crippen molar-refractivity contribution in [3.05, 3.63) is 29.8 Å². The molecule has 0 bridgehead atoms. The Morgan fingerprint density at radius 1 is 1.41 bits per heavy atom. The van der Waals surface area contributed by atoms with Gasteiger partial charge in [0.15, 0.2) is 0 Å². The molecule has 17 heavy (non-hydrogen) atoms. The Kier molecular flexibility index (Phi) is 6.06. The van der Waals surface area contributed by atoms with Gasteiger partial charge in [-0.2, -0.15) is 5.26 Å². The minimum absolute atomic E-state index is 0.0783. The van der Waals surface area contributed by atoms with Gasteiger partial charge in [0.25, 0.3) is 0 Å². The van der Waals surface area contributed by atoms with Gasteiger partial charge < -0.3 is 5.11 Å². The molecule has 0 aliphatic rings. The van der Waals surface area contributed by atoms with Crippen LogP contribution in [-0.4, -0.2) is 36.0 Å². The lowest BCUT2D eigenvalue weighted by atomic mass is 10.1. The summed E-state index contributed by atoms with van der Waals surface area (Å²) in [6, 6.07) is 10.0. The molecule has 0 saturated heterocycles. The number of rotatable bonds is 6. The minimum Gasteiger partial charge on any atom is -0.395 e. The lowest BCUT2D eigenvalue weighted by molar-refractivity contribution is 0.180. The monoisotopic (exact) mass is 250 g/mol. The summed E-state index contributed by atoms with van der Waals surface area (Å²) in [7, 11) is 0. The highest BCUT2D eigenvalue weighted by atomic mass is 32.2. The number of nitrogens with zero attached hydrogens (tertiary/aromatic N) is 2. The quantitative estimate of drug-likeness (QED) is 0.787. The lowest BCUT2D eigenvalue weighted by Crippen LogP contribution is -2.30. The maximum absolute atomic E-state index is 9.26. The van der Waals surface area contributed by atoms with Gasteiger partial charge in [-0.05, 0) is 30.5 Å². The van der Waals surface area contributed by atoms with Crippen LogP contribution in [0.25, 0.3) is 0 Å². The Morgan fingerprint density at radius 3 is 2.47 bits per heavy atom. The van der Waals surface area contributed by atoms with Crippen LogP contribution < -0.4 is 0 Å². The third-order valence-corrected chi connectivity index (χ3v) is 3.46. The summed E-state index contributed by atoms with van der Waals surface area (Å²) in [6.07, 6.45) is 2.03. The molecule has 0 aromatic heterocycles. The van der Waals surface area contributed by atoms with E-state index in [0.29, 0.717) is 6.54 Å². The number of thioether (sulfide) groups is 1. The van der Waals surface area contributed by atoms with Gasteiger partial charge in [-0.25, -0.2) is 0 Å². The van der Waals surface area contributed by atoms with E-state index in [-0.39, 0.29) is 12.6 Å². The van der Waals surface area contributed by atoms with Gasteiger partial charge >= 0.3 is 0 Å². The van der Waals surface area contributed by atoms with Crippen molar-refractivity contribution in [3.63, 3.8) is 0 Å². The van der Waals surface area contributed by atoms with Crippen molar-refractivity contribution in [3.8, 4) is 6.07 Å². The predicted octanol–water partition coefficient (Wildman–Crippen LogP) is 2.29. The van der Waals surface area contributed by atoms with Gasteiger partial charge in [-0.3, -0.25) is 4.90 Å². The van der Waals surface area contributed by atoms with Crippen LogP contribution in [-0.2, 0) is 0 Å². The summed E-state index contributed by atoms with van der Waals surface area (Å²) in [5.41, 5.74) is 0.987. The minimum atomic E-state index is -0.275. The standard InChI is InChI=1S/C13H18N2OS/c1-3-15(8-9-16)13(10-14)11-4-6-12(17-2)7-5-11/h4-7,13,16H,3,8-9H2,1-2H3. The zero-order chi connectivity index (χ0) is 12.7. The first-order valence-electron chi connectivity index (χ1n) is 5.65. The van der Waals surface area contributed by atoms with E-state index in [0.717, 1.165) is 12.1 Å². The van der Waals surface area contributed by atoms with Crippen molar-refractivity contribution in [1.29, 1.82) is 5.26 Å². The van der Waals surface area contributed by atoms with Crippen LogP contribution in [0.1, 0.15) is 18.5 Å². The summed E-state index contributed by atoms with van der Waals surface area (Å²) >= 11 is 1.68. The van der Waals surface area contributed by atoms with Gasteiger partial charge in [0, 0.05) is 11.4 Å². The summed E-state index contributed by atoms with van der Waals surface area (Å²) in [5, 5.41) is 18.2. The number of benzene rings is 1. The first-order chi connectivity index (χ1) is 8.26. The number of hydrogen-bond donors (Lipinski definition) is 1. The first kappa shape index (κ1) is 14.0. The van der Waals surface area contributed by atoms with Gasteiger partial charge in [0.2, 0.25) is 0 Å². The molecule has 0 aliphatic carbocycles. The zero-order valence-electron chi connectivity index (χ0n) is 10.3. The Bertz CT molecular complexity index is 372. The van der Waals surface area contributed by atoms with Crippen molar-refractivity contribution < 1.29 is 5.11 Å². The number of likely N-dealkylation sites (N-methyl/N-ethyl adjacent to an activating group) is 1. The molecule has 92 valence electrons. The number of nitriles is 1. The molecule has 0 radical (unpaired) electrons. The fourth-order valence-electron chi connectivity index (χ4n) is 1.75. The Labute approximate surface area is 107 Å². The first-order valence-corrected chi connectivity index (χ1v) is 6.87. The van der Waals surface area contributed by atoms with Crippen molar-refractivity contribution in [2.45, 2.75) is 17.9 Å². The Balaban J connectivity index is 2.88. The summed E-state index contributed by atoms with van der Waals surface area (Å²) < 4.78 is 0. The highest BCUT2D eigenvalue weighted by Gasteiger charge is 2.17. The van der Waals surface area contributed by atoms with Crippen LogP contribution in [0.5, 0.6) is 0 Å². The SMILES string of the molecule is CCN(CCO)C(C#N)c1ccc(SC)cc1. The van der Waals surface area contributed by atoms with Gasteiger partial charge in [0.1, 0.15) is 6.04 Å². The van der Waals surface area contributed by atoms with Crippen LogP contribution in [0.3, 0.4) is 0 Å². The van der Waals surface area contributed by atoms with Crippen molar-refractivity contribution in [2.75, 3.05) is 26.0 Å². The highest BCUT2D eigenvalue weighted by molar-refractivity contribution is 7.98. The number of aliphatic hydroxyl groups excluding tert-OH is 1. The summed E-state index contributed by atoms with van der Waals surface area (Å²) in [6.45, 7) is 3.35. The van der Waals surface area contributed by atoms with Crippen molar-refractivity contribution in [1.82, 2.24) is 4.90 Å². The van der Waals surface area contributed by atoms with Crippen LogP contribution in [0.4, 0.5) is 0 Å². The van der Waals surface area contributed by atoms with E-state index in [1.165, 1.54) is 4.90 Å². The molecule has 1 aromatic rings. The van der Waals surface area contributed by atoms with Crippen molar-refractivity contribution in [2.24, 2.45) is 0 Å². The fourth-order valence-corrected chi connectivity index (χ4v) is 2.16. The molecule has 0 fully saturated rings. The van der Waals surface area contributed by atoms with E-state index in [4.69, 9.17) is 5.11 Å². The summed E-state index contributed by atoms with van der Waals surface area (Å²) in [5.74, 6) is 0. The van der Waals surface area contributed by atoms with Crippen LogP contribution in [0, 0.1) is 11.3 Å². The predicted molar refractivity (Wildman–Crippen MR) is 70.9 cm³/mol. The average Bonchev–Trinajstić information content (AvgIpc) is 2.39. The molecule has 0 amide bonds. The largest absolute Gasteiger partial charge is 0.395 e. The van der Waals surface area contributed by atoms with E-state index >= 15 is 0 Å². The zero-order valence-corrected chi connectivity index (χ0v) is 11.1. The highest BCUT2D eigenvalue weighted by Crippen LogP contribution is 2.22. The molecule has 0 heterocycles. The Morgan fingerprint density at radius 2 is 2.06 bits per heavy atom. The van der Waals surface area contributed by atoms with E-state index in [1.807, 2.05) is 42.3 Å². The smallest absolute Gasteiger partial charge is 0.123 e.